The van der Waals surface area contributed by atoms with Gasteiger partial charge in [-0.25, -0.2) is 0 Å². The number of amides is 1. The fourth-order valence-electron chi connectivity index (χ4n) is 1.54. The van der Waals surface area contributed by atoms with Crippen molar-refractivity contribution in [1.29, 1.82) is 0 Å². The van der Waals surface area contributed by atoms with E-state index in [0.29, 0.717) is 11.4 Å². The standard InChI is InChI=1S/C12H15N5O/c1-8-4-3-5-9(6-8)15-16-12(18)10-7-14-17(2)11(10)13/h3-7,15H,13H2,1-2H3,(H,16,18). The van der Waals surface area contributed by atoms with E-state index in [-0.39, 0.29) is 5.91 Å². The van der Waals surface area contributed by atoms with E-state index in [0.717, 1.165) is 11.3 Å². The highest BCUT2D eigenvalue weighted by Crippen LogP contribution is 2.10. The molecule has 0 unspecified atom stereocenters. The number of rotatable bonds is 3. The highest BCUT2D eigenvalue weighted by Gasteiger charge is 2.12. The summed E-state index contributed by atoms with van der Waals surface area (Å²) < 4.78 is 1.45. The topological polar surface area (TPSA) is 85.0 Å². The van der Waals surface area contributed by atoms with E-state index in [1.165, 1.54) is 10.9 Å². The Morgan fingerprint density at radius 1 is 1.44 bits per heavy atom. The van der Waals surface area contributed by atoms with Crippen molar-refractivity contribution >= 4 is 17.4 Å². The Kier molecular flexibility index (Phi) is 3.18. The lowest BCUT2D eigenvalue weighted by Gasteiger charge is -2.08. The molecule has 0 atom stereocenters. The third-order valence-corrected chi connectivity index (χ3v) is 2.57. The fraction of sp³-hybridized carbons (Fsp3) is 0.167. The quantitative estimate of drug-likeness (QED) is 0.706. The van der Waals surface area contributed by atoms with E-state index in [4.69, 9.17) is 5.73 Å². The van der Waals surface area contributed by atoms with Crippen LogP contribution in [-0.4, -0.2) is 15.7 Å². The molecule has 2 aromatic rings. The average molecular weight is 245 g/mol. The lowest BCUT2D eigenvalue weighted by molar-refractivity contribution is 0.0963. The number of benzene rings is 1. The van der Waals surface area contributed by atoms with Crippen molar-refractivity contribution in [3.63, 3.8) is 0 Å². The van der Waals surface area contributed by atoms with Gasteiger partial charge in [-0.2, -0.15) is 5.10 Å². The molecular weight excluding hydrogens is 230 g/mol. The van der Waals surface area contributed by atoms with Crippen LogP contribution >= 0.6 is 0 Å². The second-order valence-electron chi connectivity index (χ2n) is 4.02. The van der Waals surface area contributed by atoms with Gasteiger partial charge >= 0.3 is 0 Å². The maximum atomic E-state index is 11.8. The Morgan fingerprint density at radius 2 is 2.22 bits per heavy atom. The van der Waals surface area contributed by atoms with Crippen molar-refractivity contribution in [2.24, 2.45) is 7.05 Å². The maximum Gasteiger partial charge on any atom is 0.274 e. The number of hydrogen-bond donors (Lipinski definition) is 3. The lowest BCUT2D eigenvalue weighted by Crippen LogP contribution is -2.29. The highest BCUT2D eigenvalue weighted by molar-refractivity contribution is 5.98. The van der Waals surface area contributed by atoms with Crippen molar-refractivity contribution in [1.82, 2.24) is 15.2 Å². The van der Waals surface area contributed by atoms with Crippen LogP contribution in [0.25, 0.3) is 0 Å². The molecular formula is C12H15N5O. The van der Waals surface area contributed by atoms with Crippen LogP contribution in [0.15, 0.2) is 30.5 Å². The molecule has 2 rings (SSSR count). The van der Waals surface area contributed by atoms with Gasteiger partial charge in [0, 0.05) is 7.05 Å². The van der Waals surface area contributed by atoms with Gasteiger partial charge < -0.3 is 5.73 Å². The van der Waals surface area contributed by atoms with Gasteiger partial charge in [0.1, 0.15) is 11.4 Å². The Balaban J connectivity index is 2.03. The third-order valence-electron chi connectivity index (χ3n) is 2.57. The summed E-state index contributed by atoms with van der Waals surface area (Å²) >= 11 is 0. The molecule has 1 amide bonds. The Morgan fingerprint density at radius 3 is 2.83 bits per heavy atom. The van der Waals surface area contributed by atoms with E-state index >= 15 is 0 Å². The molecule has 4 N–H and O–H groups in total. The second-order valence-corrected chi connectivity index (χ2v) is 4.02. The van der Waals surface area contributed by atoms with E-state index < -0.39 is 0 Å². The normalized spacial score (nSPS) is 10.1. The lowest BCUT2D eigenvalue weighted by atomic mass is 10.2. The van der Waals surface area contributed by atoms with Gasteiger partial charge in [0.2, 0.25) is 0 Å². The number of aromatic nitrogens is 2. The van der Waals surface area contributed by atoms with Gasteiger partial charge in [0.15, 0.2) is 0 Å². The third kappa shape index (κ3) is 2.42. The van der Waals surface area contributed by atoms with Crippen LogP contribution in [0, 0.1) is 6.92 Å². The molecule has 0 saturated carbocycles. The SMILES string of the molecule is Cc1cccc(NNC(=O)c2cnn(C)c2N)c1. The monoisotopic (exact) mass is 245 g/mol. The van der Waals surface area contributed by atoms with E-state index in [9.17, 15) is 4.79 Å². The van der Waals surface area contributed by atoms with Crippen molar-refractivity contribution in [2.75, 3.05) is 11.2 Å². The average Bonchev–Trinajstić information content (AvgIpc) is 2.67. The predicted octanol–water partition coefficient (Wildman–Crippen LogP) is 1.07. The summed E-state index contributed by atoms with van der Waals surface area (Å²) in [6.45, 7) is 1.98. The largest absolute Gasteiger partial charge is 0.383 e. The summed E-state index contributed by atoms with van der Waals surface area (Å²) in [7, 11) is 1.68. The molecule has 0 aliphatic rings. The summed E-state index contributed by atoms with van der Waals surface area (Å²) in [5.41, 5.74) is 13.4. The molecule has 94 valence electrons. The molecule has 6 heteroatoms. The molecule has 1 heterocycles. The summed E-state index contributed by atoms with van der Waals surface area (Å²) in [6, 6.07) is 7.67. The molecule has 18 heavy (non-hydrogen) atoms. The summed E-state index contributed by atoms with van der Waals surface area (Å²) in [4.78, 5) is 11.8. The van der Waals surface area contributed by atoms with Gasteiger partial charge in [-0.3, -0.25) is 20.3 Å². The van der Waals surface area contributed by atoms with Crippen LogP contribution in [-0.2, 0) is 7.05 Å². The molecule has 1 aromatic carbocycles. The minimum Gasteiger partial charge on any atom is -0.383 e. The molecule has 1 aromatic heterocycles. The van der Waals surface area contributed by atoms with Crippen LogP contribution in [0.1, 0.15) is 15.9 Å². The van der Waals surface area contributed by atoms with Gasteiger partial charge in [0.05, 0.1) is 11.9 Å². The number of nitrogen functional groups attached to an aromatic ring is 1. The Bertz CT molecular complexity index is 576. The maximum absolute atomic E-state index is 11.8. The van der Waals surface area contributed by atoms with E-state index in [1.807, 2.05) is 31.2 Å². The number of hydrazine groups is 1. The minimum atomic E-state index is -0.317. The number of carbonyl (C=O) groups is 1. The van der Waals surface area contributed by atoms with Gasteiger partial charge in [-0.05, 0) is 24.6 Å². The number of nitrogens with one attached hydrogen (secondary N) is 2. The number of carbonyl (C=O) groups excluding carboxylic acids is 1. The molecule has 0 fully saturated rings. The predicted molar refractivity (Wildman–Crippen MR) is 69.9 cm³/mol. The first-order valence-corrected chi connectivity index (χ1v) is 5.48. The first-order valence-electron chi connectivity index (χ1n) is 5.48. The summed E-state index contributed by atoms with van der Waals surface area (Å²) in [5.74, 6) is 0.0145. The smallest absolute Gasteiger partial charge is 0.274 e. The van der Waals surface area contributed by atoms with Crippen LogP contribution < -0.4 is 16.6 Å². The van der Waals surface area contributed by atoms with Crippen molar-refractivity contribution in [3.05, 3.63) is 41.6 Å². The number of aryl methyl sites for hydroxylation is 2. The van der Waals surface area contributed by atoms with Crippen molar-refractivity contribution in [3.8, 4) is 0 Å². The molecule has 0 aliphatic carbocycles. The van der Waals surface area contributed by atoms with Crippen LogP contribution in [0.3, 0.4) is 0 Å². The van der Waals surface area contributed by atoms with Gasteiger partial charge in [0.25, 0.3) is 5.91 Å². The van der Waals surface area contributed by atoms with E-state index in [1.54, 1.807) is 7.05 Å². The Labute approximate surface area is 105 Å². The highest BCUT2D eigenvalue weighted by atomic mass is 16.2. The summed E-state index contributed by atoms with van der Waals surface area (Å²) in [5, 5.41) is 3.91. The number of nitrogens with zero attached hydrogens (tertiary/aromatic N) is 2. The fourth-order valence-corrected chi connectivity index (χ4v) is 1.54. The Hall–Kier alpha value is -2.50. The van der Waals surface area contributed by atoms with Gasteiger partial charge in [-0.15, -0.1) is 0 Å². The number of hydrogen-bond acceptors (Lipinski definition) is 4. The number of nitrogens with two attached hydrogens (primary N) is 1. The molecule has 0 saturated heterocycles. The van der Waals surface area contributed by atoms with Gasteiger partial charge in [-0.1, -0.05) is 12.1 Å². The molecule has 0 bridgehead atoms. The van der Waals surface area contributed by atoms with E-state index in [2.05, 4.69) is 16.0 Å². The molecule has 6 nitrogen and oxygen atoms in total. The second kappa shape index (κ2) is 4.79. The van der Waals surface area contributed by atoms with Crippen LogP contribution in [0.4, 0.5) is 11.5 Å². The first kappa shape index (κ1) is 12.0. The van der Waals surface area contributed by atoms with Crippen LogP contribution in [0.2, 0.25) is 0 Å². The molecule has 0 radical (unpaired) electrons. The first-order chi connectivity index (χ1) is 8.58. The minimum absolute atomic E-state index is 0.317. The molecule has 0 aliphatic heterocycles. The zero-order valence-electron chi connectivity index (χ0n) is 10.3. The summed E-state index contributed by atoms with van der Waals surface area (Å²) in [6.07, 6.45) is 1.43. The molecule has 0 spiro atoms. The zero-order chi connectivity index (χ0) is 13.1. The zero-order valence-corrected chi connectivity index (χ0v) is 10.3. The number of anilines is 2. The van der Waals surface area contributed by atoms with Crippen molar-refractivity contribution < 1.29 is 4.79 Å². The van der Waals surface area contributed by atoms with Crippen molar-refractivity contribution in [2.45, 2.75) is 6.92 Å². The van der Waals surface area contributed by atoms with Crippen LogP contribution in [0.5, 0.6) is 0 Å².